The molecule has 1 aliphatic heterocycles. The zero-order chi connectivity index (χ0) is 17.4. The number of ether oxygens (including phenoxy) is 1. The van der Waals surface area contributed by atoms with Crippen molar-refractivity contribution < 1.29 is 9.53 Å². The first-order valence-electron chi connectivity index (χ1n) is 9.18. The standard InChI is InChI=1S/C20H32N2O2/c1-4-5-12-21(2)20(23)19-10-13-22(14-11-19)15-17-6-8-18(9-7-17)16-24-3/h6-9,19H,4-5,10-16H2,1-3H3. The van der Waals surface area contributed by atoms with Gasteiger partial charge in [-0.25, -0.2) is 0 Å². The normalized spacial score (nSPS) is 16.3. The molecule has 1 aromatic carbocycles. The molecular formula is C20H32N2O2. The molecule has 0 aromatic heterocycles. The summed E-state index contributed by atoms with van der Waals surface area (Å²) in [5.74, 6) is 0.555. The van der Waals surface area contributed by atoms with Gasteiger partial charge in [0, 0.05) is 33.2 Å². The Morgan fingerprint density at radius 3 is 2.42 bits per heavy atom. The first kappa shape index (κ1) is 18.9. The second-order valence-corrected chi connectivity index (χ2v) is 6.91. The monoisotopic (exact) mass is 332 g/mol. The van der Waals surface area contributed by atoms with Crippen LogP contribution in [0.2, 0.25) is 0 Å². The highest BCUT2D eigenvalue weighted by atomic mass is 16.5. The molecule has 0 spiro atoms. The largest absolute Gasteiger partial charge is 0.380 e. The fraction of sp³-hybridized carbons (Fsp3) is 0.650. The Morgan fingerprint density at radius 1 is 1.21 bits per heavy atom. The maximum atomic E-state index is 12.5. The van der Waals surface area contributed by atoms with Crippen LogP contribution in [0.5, 0.6) is 0 Å². The average molecular weight is 332 g/mol. The third kappa shape index (κ3) is 5.60. The summed E-state index contributed by atoms with van der Waals surface area (Å²) in [4.78, 5) is 16.9. The third-order valence-corrected chi connectivity index (χ3v) is 4.90. The van der Waals surface area contributed by atoms with Crippen molar-refractivity contribution in [1.82, 2.24) is 9.80 Å². The van der Waals surface area contributed by atoms with E-state index in [-0.39, 0.29) is 5.92 Å². The molecule has 4 heteroatoms. The predicted molar refractivity (Wildman–Crippen MR) is 97.7 cm³/mol. The highest BCUT2D eigenvalue weighted by Gasteiger charge is 2.26. The maximum Gasteiger partial charge on any atom is 0.225 e. The number of carbonyl (C=O) groups excluding carboxylic acids is 1. The van der Waals surface area contributed by atoms with Gasteiger partial charge in [0.15, 0.2) is 0 Å². The molecule has 134 valence electrons. The van der Waals surface area contributed by atoms with Crippen molar-refractivity contribution in [2.75, 3.05) is 33.8 Å². The number of amides is 1. The lowest BCUT2D eigenvalue weighted by molar-refractivity contribution is -0.135. The van der Waals surface area contributed by atoms with Gasteiger partial charge in [-0.1, -0.05) is 37.6 Å². The Hall–Kier alpha value is -1.39. The highest BCUT2D eigenvalue weighted by molar-refractivity contribution is 5.78. The van der Waals surface area contributed by atoms with Gasteiger partial charge in [0.05, 0.1) is 6.61 Å². The van der Waals surface area contributed by atoms with Crippen LogP contribution in [-0.4, -0.2) is 49.5 Å². The number of likely N-dealkylation sites (tertiary alicyclic amines) is 1. The number of benzene rings is 1. The van der Waals surface area contributed by atoms with Crippen LogP contribution < -0.4 is 0 Å². The second kappa shape index (κ2) is 9.80. The number of unbranched alkanes of at least 4 members (excludes halogenated alkanes) is 1. The van der Waals surface area contributed by atoms with Crippen molar-refractivity contribution in [1.29, 1.82) is 0 Å². The lowest BCUT2D eigenvalue weighted by Crippen LogP contribution is -2.41. The predicted octanol–water partition coefficient (Wildman–Crippen LogP) is 3.30. The molecule has 0 atom stereocenters. The van der Waals surface area contributed by atoms with Crippen LogP contribution in [0.15, 0.2) is 24.3 Å². The number of methoxy groups -OCH3 is 1. The summed E-state index contributed by atoms with van der Waals surface area (Å²) in [7, 11) is 3.67. The molecule has 4 nitrogen and oxygen atoms in total. The molecule has 0 radical (unpaired) electrons. The van der Waals surface area contributed by atoms with Crippen molar-refractivity contribution in [3.63, 3.8) is 0 Å². The number of nitrogens with zero attached hydrogens (tertiary/aromatic N) is 2. The summed E-state index contributed by atoms with van der Waals surface area (Å²) in [6, 6.07) is 8.64. The van der Waals surface area contributed by atoms with Crippen LogP contribution in [-0.2, 0) is 22.7 Å². The number of carbonyl (C=O) groups is 1. The molecule has 1 aromatic rings. The van der Waals surface area contributed by atoms with Gasteiger partial charge in [0.2, 0.25) is 5.91 Å². The van der Waals surface area contributed by atoms with Gasteiger partial charge in [-0.2, -0.15) is 0 Å². The van der Waals surface area contributed by atoms with Gasteiger partial charge in [-0.3, -0.25) is 9.69 Å². The molecule has 1 saturated heterocycles. The molecule has 1 heterocycles. The number of piperidine rings is 1. The zero-order valence-corrected chi connectivity index (χ0v) is 15.5. The number of rotatable bonds is 8. The molecule has 2 rings (SSSR count). The summed E-state index contributed by atoms with van der Waals surface area (Å²) >= 11 is 0. The smallest absolute Gasteiger partial charge is 0.225 e. The molecule has 1 fully saturated rings. The van der Waals surface area contributed by atoms with E-state index in [4.69, 9.17) is 4.74 Å². The van der Waals surface area contributed by atoms with E-state index in [1.165, 1.54) is 11.1 Å². The Morgan fingerprint density at radius 2 is 1.83 bits per heavy atom. The van der Waals surface area contributed by atoms with E-state index in [2.05, 4.69) is 36.1 Å². The van der Waals surface area contributed by atoms with E-state index >= 15 is 0 Å². The molecule has 0 bridgehead atoms. The number of hydrogen-bond acceptors (Lipinski definition) is 3. The summed E-state index contributed by atoms with van der Waals surface area (Å²) < 4.78 is 5.15. The van der Waals surface area contributed by atoms with Gasteiger partial charge >= 0.3 is 0 Å². The minimum absolute atomic E-state index is 0.215. The van der Waals surface area contributed by atoms with Crippen molar-refractivity contribution in [2.45, 2.75) is 45.8 Å². The van der Waals surface area contributed by atoms with E-state index in [9.17, 15) is 4.79 Å². The van der Waals surface area contributed by atoms with Crippen LogP contribution in [0.4, 0.5) is 0 Å². The summed E-state index contributed by atoms with van der Waals surface area (Å²) in [5.41, 5.74) is 2.54. The molecule has 0 N–H and O–H groups in total. The van der Waals surface area contributed by atoms with E-state index in [0.717, 1.165) is 51.9 Å². The maximum absolute atomic E-state index is 12.5. The zero-order valence-electron chi connectivity index (χ0n) is 15.5. The first-order valence-corrected chi connectivity index (χ1v) is 9.18. The third-order valence-electron chi connectivity index (χ3n) is 4.90. The van der Waals surface area contributed by atoms with Gasteiger partial charge in [0.1, 0.15) is 0 Å². The van der Waals surface area contributed by atoms with Crippen LogP contribution in [0.1, 0.15) is 43.7 Å². The fourth-order valence-electron chi connectivity index (χ4n) is 3.32. The molecular weight excluding hydrogens is 300 g/mol. The quantitative estimate of drug-likeness (QED) is 0.732. The average Bonchev–Trinajstić information content (AvgIpc) is 2.61. The topological polar surface area (TPSA) is 32.8 Å². The number of hydrogen-bond donors (Lipinski definition) is 0. The van der Waals surface area contributed by atoms with Gasteiger partial charge in [-0.05, 0) is 43.5 Å². The van der Waals surface area contributed by atoms with Crippen LogP contribution >= 0.6 is 0 Å². The first-order chi connectivity index (χ1) is 11.6. The van der Waals surface area contributed by atoms with Crippen molar-refractivity contribution in [2.24, 2.45) is 5.92 Å². The molecule has 24 heavy (non-hydrogen) atoms. The molecule has 0 aliphatic carbocycles. The van der Waals surface area contributed by atoms with Crippen molar-refractivity contribution in [3.8, 4) is 0 Å². The van der Waals surface area contributed by atoms with E-state index < -0.39 is 0 Å². The van der Waals surface area contributed by atoms with Gasteiger partial charge in [0.25, 0.3) is 0 Å². The van der Waals surface area contributed by atoms with E-state index in [1.54, 1.807) is 7.11 Å². The van der Waals surface area contributed by atoms with Crippen LogP contribution in [0.25, 0.3) is 0 Å². The minimum atomic E-state index is 0.215. The highest BCUT2D eigenvalue weighted by Crippen LogP contribution is 2.21. The summed E-state index contributed by atoms with van der Waals surface area (Å²) in [6.45, 7) is 6.72. The Balaban J connectivity index is 1.77. The molecule has 1 amide bonds. The van der Waals surface area contributed by atoms with E-state index in [0.29, 0.717) is 12.5 Å². The SMILES string of the molecule is CCCCN(C)C(=O)C1CCN(Cc2ccc(COC)cc2)CC1. The van der Waals surface area contributed by atoms with Gasteiger partial charge in [-0.15, -0.1) is 0 Å². The molecule has 0 saturated carbocycles. The Bertz CT molecular complexity index is 493. The van der Waals surface area contributed by atoms with Crippen molar-refractivity contribution >= 4 is 5.91 Å². The molecule has 1 aliphatic rings. The van der Waals surface area contributed by atoms with Crippen LogP contribution in [0.3, 0.4) is 0 Å². The summed E-state index contributed by atoms with van der Waals surface area (Å²) in [5, 5.41) is 0. The Kier molecular flexibility index (Phi) is 7.73. The van der Waals surface area contributed by atoms with Crippen LogP contribution in [0, 0.1) is 5.92 Å². The minimum Gasteiger partial charge on any atom is -0.380 e. The summed E-state index contributed by atoms with van der Waals surface area (Å²) in [6.07, 6.45) is 4.20. The molecule has 0 unspecified atom stereocenters. The fourth-order valence-corrected chi connectivity index (χ4v) is 3.32. The lowest BCUT2D eigenvalue weighted by Gasteiger charge is -2.33. The lowest BCUT2D eigenvalue weighted by atomic mass is 9.95. The second-order valence-electron chi connectivity index (χ2n) is 6.91. The Labute approximate surface area is 146 Å². The van der Waals surface area contributed by atoms with Crippen molar-refractivity contribution in [3.05, 3.63) is 35.4 Å². The van der Waals surface area contributed by atoms with Gasteiger partial charge < -0.3 is 9.64 Å². The van der Waals surface area contributed by atoms with E-state index in [1.807, 2.05) is 11.9 Å².